The number of carbonyl (C=O) groups is 3. The Morgan fingerprint density at radius 2 is 1.72 bits per heavy atom. The molecule has 0 bridgehead atoms. The van der Waals surface area contributed by atoms with E-state index in [2.05, 4.69) is 20.7 Å². The summed E-state index contributed by atoms with van der Waals surface area (Å²) < 4.78 is 32.3. The Kier molecular flexibility index (Phi) is 11.3. The highest BCUT2D eigenvalue weighted by Crippen LogP contribution is 2.27. The van der Waals surface area contributed by atoms with Crippen LogP contribution in [0.2, 0.25) is 0 Å². The van der Waals surface area contributed by atoms with Gasteiger partial charge in [0.1, 0.15) is 11.8 Å². The van der Waals surface area contributed by atoms with Crippen LogP contribution in [0.4, 0.5) is 16.2 Å². The van der Waals surface area contributed by atoms with E-state index in [9.17, 15) is 27.9 Å². The third-order valence-electron chi connectivity index (χ3n) is 6.54. The van der Waals surface area contributed by atoms with Gasteiger partial charge in [0, 0.05) is 24.6 Å². The molecule has 43 heavy (non-hydrogen) atoms. The largest absolute Gasteiger partial charge is 0.495 e. The molecule has 2 aromatic carbocycles. The molecule has 0 saturated carbocycles. The van der Waals surface area contributed by atoms with Crippen LogP contribution in [0, 0.1) is 12.8 Å². The van der Waals surface area contributed by atoms with E-state index < -0.39 is 28.1 Å². The van der Waals surface area contributed by atoms with E-state index in [0.29, 0.717) is 29.1 Å². The summed E-state index contributed by atoms with van der Waals surface area (Å²) in [5.74, 6) is -0.891. The molecule has 0 radical (unpaired) electrons. The van der Waals surface area contributed by atoms with E-state index in [1.807, 2.05) is 39.0 Å². The van der Waals surface area contributed by atoms with Gasteiger partial charge in [0.2, 0.25) is 15.9 Å². The van der Waals surface area contributed by atoms with Crippen molar-refractivity contribution in [2.75, 3.05) is 24.0 Å². The molecule has 2 atom stereocenters. The van der Waals surface area contributed by atoms with Gasteiger partial charge in [-0.1, -0.05) is 38.1 Å². The summed E-state index contributed by atoms with van der Waals surface area (Å²) in [6.45, 7) is 5.83. The molecule has 0 aliphatic carbocycles. The average molecular weight is 614 g/mol. The number of nitrogens with zero attached hydrogens (tertiary/aromatic N) is 1. The SMILES string of the molecule is COc1cc(CC(=O)NC(CC(C)C)c2ccn(CC(NS(C)(=O)=O)C(=O)O)c2)ccc1NC(=O)Nc1ccccc1C. The molecule has 0 saturated heterocycles. The fourth-order valence-corrected chi connectivity index (χ4v) is 5.22. The van der Waals surface area contributed by atoms with Crippen LogP contribution < -0.4 is 25.4 Å². The number of nitrogens with one attached hydrogen (secondary N) is 4. The lowest BCUT2D eigenvalue weighted by molar-refractivity contribution is -0.139. The van der Waals surface area contributed by atoms with Crippen LogP contribution in [0.3, 0.4) is 0 Å². The normalized spacial score (nSPS) is 12.8. The maximum atomic E-state index is 13.1. The molecule has 0 spiro atoms. The second kappa shape index (κ2) is 14.7. The number of carbonyl (C=O) groups excluding carboxylic acids is 2. The van der Waals surface area contributed by atoms with Crippen molar-refractivity contribution in [3.63, 3.8) is 0 Å². The van der Waals surface area contributed by atoms with Crippen LogP contribution in [0.5, 0.6) is 5.75 Å². The van der Waals surface area contributed by atoms with Crippen molar-refractivity contribution >= 4 is 39.3 Å². The summed E-state index contributed by atoms with van der Waals surface area (Å²) in [6.07, 6.45) is 4.95. The van der Waals surface area contributed by atoms with Crippen molar-refractivity contribution in [3.8, 4) is 5.75 Å². The van der Waals surface area contributed by atoms with Gasteiger partial charge in [0.25, 0.3) is 0 Å². The Morgan fingerprint density at radius 3 is 2.35 bits per heavy atom. The van der Waals surface area contributed by atoms with Crippen LogP contribution in [0.15, 0.2) is 60.9 Å². The summed E-state index contributed by atoms with van der Waals surface area (Å²) in [5.41, 5.74) is 3.50. The van der Waals surface area contributed by atoms with Gasteiger partial charge < -0.3 is 30.4 Å². The van der Waals surface area contributed by atoms with E-state index in [1.165, 1.54) is 7.11 Å². The maximum absolute atomic E-state index is 13.1. The first-order valence-electron chi connectivity index (χ1n) is 13.7. The molecule has 5 N–H and O–H groups in total. The van der Waals surface area contributed by atoms with Crippen LogP contribution in [0.1, 0.15) is 43.0 Å². The smallest absolute Gasteiger partial charge is 0.323 e. The molecule has 12 nitrogen and oxygen atoms in total. The highest BCUT2D eigenvalue weighted by molar-refractivity contribution is 7.88. The molecule has 3 aromatic rings. The van der Waals surface area contributed by atoms with Crippen LogP contribution in [0.25, 0.3) is 0 Å². The van der Waals surface area contributed by atoms with E-state index >= 15 is 0 Å². The number of aliphatic carboxylic acids is 1. The first kappa shape index (κ1) is 33.1. The van der Waals surface area contributed by atoms with Crippen molar-refractivity contribution < 1.29 is 32.6 Å². The highest BCUT2D eigenvalue weighted by Gasteiger charge is 2.23. The summed E-state index contributed by atoms with van der Waals surface area (Å²) in [4.78, 5) is 37.2. The first-order chi connectivity index (χ1) is 20.2. The zero-order valence-corrected chi connectivity index (χ0v) is 25.7. The third-order valence-corrected chi connectivity index (χ3v) is 7.25. The Morgan fingerprint density at radius 1 is 1.02 bits per heavy atom. The second-order valence-electron chi connectivity index (χ2n) is 10.8. The topological polar surface area (TPSA) is 168 Å². The number of hydrogen-bond donors (Lipinski definition) is 5. The minimum absolute atomic E-state index is 0.0563. The monoisotopic (exact) mass is 613 g/mol. The number of rotatable bonds is 14. The third kappa shape index (κ3) is 10.5. The molecule has 2 unspecified atom stereocenters. The fourth-order valence-electron chi connectivity index (χ4n) is 4.53. The van der Waals surface area contributed by atoms with Crippen molar-refractivity contribution in [3.05, 3.63) is 77.6 Å². The zero-order valence-electron chi connectivity index (χ0n) is 24.9. The summed E-state index contributed by atoms with van der Waals surface area (Å²) in [6, 6.07) is 12.2. The number of anilines is 2. The van der Waals surface area contributed by atoms with E-state index in [4.69, 9.17) is 4.74 Å². The average Bonchev–Trinajstić information content (AvgIpc) is 3.37. The number of aromatic nitrogens is 1. The number of hydrogen-bond acceptors (Lipinski definition) is 6. The number of carboxylic acids is 1. The molecule has 232 valence electrons. The van der Waals surface area contributed by atoms with Gasteiger partial charge in [-0.3, -0.25) is 9.59 Å². The lowest BCUT2D eigenvalue weighted by atomic mass is 9.98. The zero-order chi connectivity index (χ0) is 31.7. The van der Waals surface area contributed by atoms with Gasteiger partial charge in [-0.15, -0.1) is 0 Å². The molecular weight excluding hydrogens is 574 g/mol. The van der Waals surface area contributed by atoms with Crippen LogP contribution in [-0.4, -0.2) is 55.4 Å². The van der Waals surface area contributed by atoms with Crippen molar-refractivity contribution in [1.82, 2.24) is 14.6 Å². The number of urea groups is 1. The number of benzene rings is 2. The molecule has 0 aliphatic rings. The summed E-state index contributed by atoms with van der Waals surface area (Å²) in [5, 5.41) is 18.1. The minimum Gasteiger partial charge on any atom is -0.495 e. The standard InChI is InChI=1S/C30H39N5O7S/c1-19(2)14-25(22-12-13-35(17-22)18-26(29(37)38)34-43(5,40)41)31-28(36)16-21-10-11-24(27(15-21)42-4)33-30(39)32-23-9-7-6-8-20(23)3/h6-13,15,17,19,25-26,34H,14,16,18H2,1-5H3,(H,31,36)(H,37,38)(H2,32,33,39). The molecular formula is C30H39N5O7S. The predicted octanol–water partition coefficient (Wildman–Crippen LogP) is 3.90. The van der Waals surface area contributed by atoms with Gasteiger partial charge in [-0.25, -0.2) is 13.2 Å². The Hall–Kier alpha value is -4.36. The van der Waals surface area contributed by atoms with Crippen LogP contribution >= 0.6 is 0 Å². The van der Waals surface area contributed by atoms with Gasteiger partial charge in [0.05, 0.1) is 31.5 Å². The Labute approximate surface area is 251 Å². The number of methoxy groups -OCH3 is 1. The number of amides is 3. The van der Waals surface area contributed by atoms with Gasteiger partial charge in [-0.05, 0) is 60.2 Å². The fraction of sp³-hybridized carbons (Fsp3) is 0.367. The molecule has 3 amide bonds. The van der Waals surface area contributed by atoms with E-state index in [0.717, 1.165) is 17.4 Å². The Balaban J connectivity index is 1.68. The van der Waals surface area contributed by atoms with Crippen LogP contribution in [-0.2, 0) is 32.6 Å². The lowest BCUT2D eigenvalue weighted by Crippen LogP contribution is -2.42. The van der Waals surface area contributed by atoms with Crippen molar-refractivity contribution in [2.24, 2.45) is 5.92 Å². The summed E-state index contributed by atoms with van der Waals surface area (Å²) >= 11 is 0. The van der Waals surface area contributed by atoms with Gasteiger partial charge in [-0.2, -0.15) is 4.72 Å². The van der Waals surface area contributed by atoms with E-state index in [1.54, 1.807) is 47.3 Å². The van der Waals surface area contributed by atoms with Crippen molar-refractivity contribution in [1.29, 1.82) is 0 Å². The molecule has 3 rings (SSSR count). The lowest BCUT2D eigenvalue weighted by Gasteiger charge is -2.20. The number of sulfonamides is 1. The van der Waals surface area contributed by atoms with Gasteiger partial charge >= 0.3 is 12.0 Å². The number of ether oxygens (including phenoxy) is 1. The Bertz CT molecular complexity index is 1550. The summed E-state index contributed by atoms with van der Waals surface area (Å²) in [7, 11) is -2.24. The number of para-hydroxylation sites is 1. The quantitative estimate of drug-likeness (QED) is 0.184. The molecule has 1 aromatic heterocycles. The molecule has 1 heterocycles. The first-order valence-corrected chi connectivity index (χ1v) is 15.6. The molecule has 13 heteroatoms. The predicted molar refractivity (Wildman–Crippen MR) is 165 cm³/mol. The number of aryl methyl sites for hydroxylation is 1. The molecule has 0 fully saturated rings. The minimum atomic E-state index is -3.72. The second-order valence-corrected chi connectivity index (χ2v) is 12.6. The number of carboxylic acid groups (broad SMARTS) is 1. The highest BCUT2D eigenvalue weighted by atomic mass is 32.2. The maximum Gasteiger partial charge on any atom is 0.323 e. The van der Waals surface area contributed by atoms with E-state index in [-0.39, 0.29) is 30.8 Å². The van der Waals surface area contributed by atoms with Crippen molar-refractivity contribution in [2.45, 2.75) is 52.2 Å². The molecule has 0 aliphatic heterocycles. The van der Waals surface area contributed by atoms with Gasteiger partial charge in [0.15, 0.2) is 0 Å².